The summed E-state index contributed by atoms with van der Waals surface area (Å²) in [5.74, 6) is 0. The molecule has 13 heavy (non-hydrogen) atoms. The smallest absolute Gasteiger partial charge is 0.0208 e. The highest BCUT2D eigenvalue weighted by Crippen LogP contribution is 2.24. The Morgan fingerprint density at radius 3 is 2.38 bits per heavy atom. The molecule has 0 saturated carbocycles. The van der Waals surface area contributed by atoms with E-state index in [1.807, 2.05) is 0 Å². The van der Waals surface area contributed by atoms with E-state index in [0.29, 0.717) is 0 Å². The normalized spacial score (nSPS) is 10.6. The summed E-state index contributed by atoms with van der Waals surface area (Å²) in [6, 6.07) is 13.0. The van der Waals surface area contributed by atoms with E-state index in [1.54, 1.807) is 0 Å². The van der Waals surface area contributed by atoms with Crippen molar-refractivity contribution in [1.82, 2.24) is 0 Å². The van der Waals surface area contributed by atoms with Gasteiger partial charge in [0.2, 0.25) is 0 Å². The zero-order chi connectivity index (χ0) is 9.26. The van der Waals surface area contributed by atoms with Crippen molar-refractivity contribution in [2.75, 3.05) is 0 Å². The lowest BCUT2D eigenvalue weighted by molar-refractivity contribution is 1.16. The first kappa shape index (κ1) is 9.00. The van der Waals surface area contributed by atoms with E-state index in [0.717, 1.165) is 6.42 Å². The number of hydrogen-bond donors (Lipinski definition) is 0. The van der Waals surface area contributed by atoms with E-state index in [-0.39, 0.29) is 0 Å². The number of hydrogen-bond acceptors (Lipinski definition) is 0. The molecule has 0 nitrogen and oxygen atoms in total. The number of fused-ring (bicyclic) bond motifs is 1. The second-order valence-corrected chi connectivity index (χ2v) is 4.27. The summed E-state index contributed by atoms with van der Waals surface area (Å²) in [6.45, 7) is 2.20. The van der Waals surface area contributed by atoms with Gasteiger partial charge in [0, 0.05) is 3.57 Å². The molecule has 2 aromatic rings. The molecule has 1 heteroatoms. The van der Waals surface area contributed by atoms with Crippen molar-refractivity contribution in [2.45, 2.75) is 13.3 Å². The molecule has 0 spiro atoms. The zero-order valence-corrected chi connectivity index (χ0v) is 9.71. The van der Waals surface area contributed by atoms with E-state index < -0.39 is 0 Å². The van der Waals surface area contributed by atoms with Crippen LogP contribution in [0.2, 0.25) is 0 Å². The number of rotatable bonds is 1. The molecule has 2 aromatic carbocycles. The summed E-state index contributed by atoms with van der Waals surface area (Å²) in [5.41, 5.74) is 1.44. The fourth-order valence-corrected chi connectivity index (χ4v) is 2.28. The summed E-state index contributed by atoms with van der Waals surface area (Å²) in [5, 5.41) is 2.78. The molecule has 0 bridgehead atoms. The van der Waals surface area contributed by atoms with Crippen LogP contribution in [-0.4, -0.2) is 0 Å². The van der Waals surface area contributed by atoms with Crippen LogP contribution < -0.4 is 0 Å². The molecular formula is C12H11I. The van der Waals surface area contributed by atoms with Crippen LogP contribution in [0.5, 0.6) is 0 Å². The number of halogens is 1. The van der Waals surface area contributed by atoms with Gasteiger partial charge in [0.25, 0.3) is 0 Å². The molecule has 0 radical (unpaired) electrons. The molecule has 0 atom stereocenters. The average Bonchev–Trinajstić information content (AvgIpc) is 2.19. The second-order valence-electron chi connectivity index (χ2n) is 3.11. The van der Waals surface area contributed by atoms with Crippen LogP contribution in [0.15, 0.2) is 36.4 Å². The average molecular weight is 282 g/mol. The van der Waals surface area contributed by atoms with Crippen molar-refractivity contribution in [2.24, 2.45) is 0 Å². The molecule has 0 aliphatic rings. The molecule has 0 aliphatic heterocycles. The molecule has 0 fully saturated rings. The minimum atomic E-state index is 1.11. The monoisotopic (exact) mass is 282 g/mol. The van der Waals surface area contributed by atoms with Crippen LogP contribution in [-0.2, 0) is 6.42 Å². The summed E-state index contributed by atoms with van der Waals surface area (Å²) in [7, 11) is 0. The SMILES string of the molecule is CCc1ccc(I)c2ccccc12. The highest BCUT2D eigenvalue weighted by Gasteiger charge is 2.00. The Bertz CT molecular complexity index is 432. The van der Waals surface area contributed by atoms with E-state index in [4.69, 9.17) is 0 Å². The Balaban J connectivity index is 2.84. The Labute approximate surface area is 92.1 Å². The Morgan fingerprint density at radius 1 is 1.00 bits per heavy atom. The molecule has 0 saturated heterocycles. The van der Waals surface area contributed by atoms with E-state index in [9.17, 15) is 0 Å². The molecule has 0 aromatic heterocycles. The molecule has 0 N–H and O–H groups in total. The van der Waals surface area contributed by atoms with Crippen molar-refractivity contribution in [3.63, 3.8) is 0 Å². The van der Waals surface area contributed by atoms with Gasteiger partial charge in [-0.2, -0.15) is 0 Å². The van der Waals surface area contributed by atoms with Crippen LogP contribution in [0.1, 0.15) is 12.5 Å². The molecule has 0 heterocycles. The van der Waals surface area contributed by atoms with E-state index >= 15 is 0 Å². The Hall–Kier alpha value is -0.570. The zero-order valence-electron chi connectivity index (χ0n) is 7.55. The largest absolute Gasteiger partial charge is 0.0616 e. The molecule has 2 rings (SSSR count). The lowest BCUT2D eigenvalue weighted by Gasteiger charge is -2.05. The van der Waals surface area contributed by atoms with Crippen LogP contribution in [0.3, 0.4) is 0 Å². The fraction of sp³-hybridized carbons (Fsp3) is 0.167. The van der Waals surface area contributed by atoms with Crippen molar-refractivity contribution in [3.8, 4) is 0 Å². The maximum atomic E-state index is 2.39. The van der Waals surface area contributed by atoms with Crippen molar-refractivity contribution in [3.05, 3.63) is 45.5 Å². The standard InChI is InChI=1S/C12H11I/c1-2-9-7-8-12(13)11-6-4-3-5-10(9)11/h3-8H,2H2,1H3. The van der Waals surface area contributed by atoms with Crippen LogP contribution >= 0.6 is 22.6 Å². The molecule has 0 amide bonds. The highest BCUT2D eigenvalue weighted by atomic mass is 127. The second kappa shape index (κ2) is 3.66. The fourth-order valence-electron chi connectivity index (χ4n) is 1.63. The predicted octanol–water partition coefficient (Wildman–Crippen LogP) is 4.01. The maximum Gasteiger partial charge on any atom is 0.0208 e. The van der Waals surface area contributed by atoms with Gasteiger partial charge >= 0.3 is 0 Å². The lowest BCUT2D eigenvalue weighted by Crippen LogP contribution is -1.85. The topological polar surface area (TPSA) is 0 Å². The first-order chi connectivity index (χ1) is 6.33. The van der Waals surface area contributed by atoms with Gasteiger partial charge in [-0.25, -0.2) is 0 Å². The third-order valence-corrected chi connectivity index (χ3v) is 3.28. The molecular weight excluding hydrogens is 271 g/mol. The molecule has 0 aliphatic carbocycles. The summed E-state index contributed by atoms with van der Waals surface area (Å²) < 4.78 is 1.34. The van der Waals surface area contributed by atoms with Crippen LogP contribution in [0.4, 0.5) is 0 Å². The first-order valence-corrected chi connectivity index (χ1v) is 5.57. The Morgan fingerprint density at radius 2 is 1.69 bits per heavy atom. The Kier molecular flexibility index (Phi) is 2.54. The summed E-state index contributed by atoms with van der Waals surface area (Å²) in [4.78, 5) is 0. The van der Waals surface area contributed by atoms with Gasteiger partial charge in [-0.05, 0) is 51.4 Å². The highest BCUT2D eigenvalue weighted by molar-refractivity contribution is 14.1. The minimum Gasteiger partial charge on any atom is -0.0616 e. The van der Waals surface area contributed by atoms with Crippen molar-refractivity contribution < 1.29 is 0 Å². The predicted molar refractivity (Wildman–Crippen MR) is 66.0 cm³/mol. The lowest BCUT2D eigenvalue weighted by atomic mass is 10.0. The number of aryl methyl sites for hydroxylation is 1. The third-order valence-electron chi connectivity index (χ3n) is 2.34. The van der Waals surface area contributed by atoms with Gasteiger partial charge < -0.3 is 0 Å². The van der Waals surface area contributed by atoms with Crippen molar-refractivity contribution >= 4 is 33.4 Å². The summed E-state index contributed by atoms with van der Waals surface area (Å²) >= 11 is 2.39. The number of benzene rings is 2. The van der Waals surface area contributed by atoms with Crippen LogP contribution in [0, 0.1) is 3.57 Å². The van der Waals surface area contributed by atoms with Crippen molar-refractivity contribution in [1.29, 1.82) is 0 Å². The van der Waals surface area contributed by atoms with E-state index in [2.05, 4.69) is 65.9 Å². The molecule has 66 valence electrons. The maximum absolute atomic E-state index is 2.39. The minimum absolute atomic E-state index is 1.11. The quantitative estimate of drug-likeness (QED) is 0.693. The van der Waals surface area contributed by atoms with Gasteiger partial charge in [-0.3, -0.25) is 0 Å². The van der Waals surface area contributed by atoms with Gasteiger partial charge in [0.1, 0.15) is 0 Å². The van der Waals surface area contributed by atoms with Gasteiger partial charge in [0.15, 0.2) is 0 Å². The van der Waals surface area contributed by atoms with Gasteiger partial charge in [-0.15, -0.1) is 0 Å². The van der Waals surface area contributed by atoms with Crippen LogP contribution in [0.25, 0.3) is 10.8 Å². The first-order valence-electron chi connectivity index (χ1n) is 4.49. The molecule has 0 unspecified atom stereocenters. The van der Waals surface area contributed by atoms with E-state index in [1.165, 1.54) is 19.9 Å². The third kappa shape index (κ3) is 1.57. The summed E-state index contributed by atoms with van der Waals surface area (Å²) in [6.07, 6.45) is 1.11. The van der Waals surface area contributed by atoms with Gasteiger partial charge in [-0.1, -0.05) is 37.3 Å². The van der Waals surface area contributed by atoms with Gasteiger partial charge in [0.05, 0.1) is 0 Å².